The maximum absolute atomic E-state index is 11.3. The predicted molar refractivity (Wildman–Crippen MR) is 66.5 cm³/mol. The fourth-order valence-electron chi connectivity index (χ4n) is 1.95. The molecular weight excluding hydrogens is 232 g/mol. The Bertz CT molecular complexity index is 403. The number of hydrazine groups is 1. The number of carbonyl (C=O) groups excluding carboxylic acids is 1. The number of hydrogen-bond acceptors (Lipinski definition) is 4. The zero-order chi connectivity index (χ0) is 12.8. The van der Waals surface area contributed by atoms with E-state index in [0.717, 1.165) is 24.2 Å². The van der Waals surface area contributed by atoms with E-state index in [9.17, 15) is 4.79 Å². The van der Waals surface area contributed by atoms with Crippen LogP contribution < -0.4 is 11.3 Å². The average molecular weight is 250 g/mol. The van der Waals surface area contributed by atoms with Crippen molar-refractivity contribution in [2.45, 2.75) is 25.6 Å². The molecular formula is C13H18N2O3. The molecule has 1 amide bonds. The molecule has 1 heterocycles. The summed E-state index contributed by atoms with van der Waals surface area (Å²) in [5.41, 5.74) is 4.10. The highest BCUT2D eigenvalue weighted by Crippen LogP contribution is 2.15. The Morgan fingerprint density at radius 2 is 2.22 bits per heavy atom. The van der Waals surface area contributed by atoms with E-state index in [1.165, 1.54) is 0 Å². The van der Waals surface area contributed by atoms with Crippen LogP contribution >= 0.6 is 0 Å². The topological polar surface area (TPSA) is 73.6 Å². The zero-order valence-corrected chi connectivity index (χ0v) is 10.2. The minimum absolute atomic E-state index is 0.168. The largest absolute Gasteiger partial charge is 0.379 e. The summed E-state index contributed by atoms with van der Waals surface area (Å²) < 4.78 is 11.0. The molecule has 1 aliphatic rings. The number of rotatable bonds is 5. The summed E-state index contributed by atoms with van der Waals surface area (Å²) in [4.78, 5) is 11.3. The van der Waals surface area contributed by atoms with Gasteiger partial charge in [0.05, 0.1) is 25.7 Å². The first-order chi connectivity index (χ1) is 8.79. The highest BCUT2D eigenvalue weighted by Gasteiger charge is 2.16. The average Bonchev–Trinajstić information content (AvgIpc) is 2.91. The third kappa shape index (κ3) is 3.53. The molecule has 98 valence electrons. The van der Waals surface area contributed by atoms with Crippen molar-refractivity contribution in [1.82, 2.24) is 5.43 Å². The number of nitrogens with two attached hydrogens (primary N) is 1. The number of benzene rings is 1. The molecule has 3 N–H and O–H groups in total. The van der Waals surface area contributed by atoms with Crippen LogP contribution in [0, 0.1) is 0 Å². The summed E-state index contributed by atoms with van der Waals surface area (Å²) in [5, 5.41) is 0. The molecule has 0 aliphatic carbocycles. The van der Waals surface area contributed by atoms with Crippen LogP contribution in [0.15, 0.2) is 24.3 Å². The molecule has 2 rings (SSSR count). The van der Waals surface area contributed by atoms with Crippen LogP contribution in [0.3, 0.4) is 0 Å². The lowest BCUT2D eigenvalue weighted by Crippen LogP contribution is -2.31. The summed E-state index contributed by atoms with van der Waals surface area (Å²) in [6.07, 6.45) is 1.38. The second-order valence-electron chi connectivity index (χ2n) is 4.31. The Morgan fingerprint density at radius 1 is 1.44 bits per heavy atom. The zero-order valence-electron chi connectivity index (χ0n) is 10.2. The van der Waals surface area contributed by atoms with E-state index in [-0.39, 0.29) is 18.4 Å². The van der Waals surface area contributed by atoms with Crippen LogP contribution in [-0.2, 0) is 27.3 Å². The normalized spacial score (nSPS) is 18.8. The number of nitrogens with one attached hydrogen (secondary N) is 1. The molecule has 0 spiro atoms. The van der Waals surface area contributed by atoms with E-state index in [1.807, 2.05) is 24.3 Å². The van der Waals surface area contributed by atoms with Crippen LogP contribution in [0.1, 0.15) is 17.5 Å². The first kappa shape index (κ1) is 13.0. The van der Waals surface area contributed by atoms with Gasteiger partial charge in [0.15, 0.2) is 0 Å². The molecule has 0 bridgehead atoms. The highest BCUT2D eigenvalue weighted by molar-refractivity contribution is 5.78. The van der Waals surface area contributed by atoms with E-state index in [4.69, 9.17) is 15.3 Å². The maximum atomic E-state index is 11.3. The molecule has 5 nitrogen and oxygen atoms in total. The molecule has 1 saturated heterocycles. The van der Waals surface area contributed by atoms with Gasteiger partial charge in [-0.3, -0.25) is 10.2 Å². The first-order valence-electron chi connectivity index (χ1n) is 6.05. The monoisotopic (exact) mass is 250 g/mol. The second-order valence-corrected chi connectivity index (χ2v) is 4.31. The van der Waals surface area contributed by atoms with Gasteiger partial charge in [0.2, 0.25) is 5.91 Å². The van der Waals surface area contributed by atoms with Crippen molar-refractivity contribution >= 4 is 5.91 Å². The molecule has 1 fully saturated rings. The standard InChI is InChI=1S/C13H18N2O3/c14-15-13(16)7-10-3-1-2-4-11(10)8-18-12-5-6-17-9-12/h1-4,12H,5-9,14H2,(H,15,16). The first-order valence-corrected chi connectivity index (χ1v) is 6.05. The molecule has 0 radical (unpaired) electrons. The Labute approximate surface area is 106 Å². The van der Waals surface area contributed by atoms with Crippen LogP contribution in [0.25, 0.3) is 0 Å². The quantitative estimate of drug-likeness (QED) is 0.454. The van der Waals surface area contributed by atoms with Crippen molar-refractivity contribution in [3.63, 3.8) is 0 Å². The molecule has 18 heavy (non-hydrogen) atoms. The van der Waals surface area contributed by atoms with Gasteiger partial charge in [-0.15, -0.1) is 0 Å². The highest BCUT2D eigenvalue weighted by atomic mass is 16.5. The second kappa shape index (κ2) is 6.49. The van der Waals surface area contributed by atoms with Gasteiger partial charge < -0.3 is 9.47 Å². The lowest BCUT2D eigenvalue weighted by molar-refractivity contribution is -0.120. The van der Waals surface area contributed by atoms with Crippen molar-refractivity contribution in [1.29, 1.82) is 0 Å². The van der Waals surface area contributed by atoms with Gasteiger partial charge in [0.1, 0.15) is 0 Å². The van der Waals surface area contributed by atoms with E-state index in [2.05, 4.69) is 5.43 Å². The number of hydrogen-bond donors (Lipinski definition) is 2. The molecule has 0 saturated carbocycles. The van der Waals surface area contributed by atoms with Gasteiger partial charge in [-0.05, 0) is 17.5 Å². The van der Waals surface area contributed by atoms with Crippen molar-refractivity contribution in [2.24, 2.45) is 5.84 Å². The Hall–Kier alpha value is -1.43. The fraction of sp³-hybridized carbons (Fsp3) is 0.462. The molecule has 1 atom stereocenters. The third-order valence-corrected chi connectivity index (χ3v) is 2.99. The summed E-state index contributed by atoms with van der Waals surface area (Å²) in [5.74, 6) is 4.89. The van der Waals surface area contributed by atoms with E-state index < -0.39 is 0 Å². The van der Waals surface area contributed by atoms with Gasteiger partial charge in [0, 0.05) is 6.61 Å². The lowest BCUT2D eigenvalue weighted by Gasteiger charge is -2.12. The maximum Gasteiger partial charge on any atom is 0.238 e. The van der Waals surface area contributed by atoms with Crippen LogP contribution in [0.2, 0.25) is 0 Å². The Balaban J connectivity index is 1.95. The Kier molecular flexibility index (Phi) is 4.69. The minimum Gasteiger partial charge on any atom is -0.379 e. The number of ether oxygens (including phenoxy) is 2. The molecule has 5 heteroatoms. The predicted octanol–water partition coefficient (Wildman–Crippen LogP) is 0.524. The van der Waals surface area contributed by atoms with E-state index >= 15 is 0 Å². The summed E-state index contributed by atoms with van der Waals surface area (Å²) >= 11 is 0. The summed E-state index contributed by atoms with van der Waals surface area (Å²) in [6, 6.07) is 7.73. The number of amides is 1. The minimum atomic E-state index is -0.202. The van der Waals surface area contributed by atoms with Crippen molar-refractivity contribution in [3.05, 3.63) is 35.4 Å². The SMILES string of the molecule is NNC(=O)Cc1ccccc1COC1CCOC1. The van der Waals surface area contributed by atoms with Gasteiger partial charge in [0.25, 0.3) is 0 Å². The molecule has 1 aromatic rings. The molecule has 1 unspecified atom stereocenters. The summed E-state index contributed by atoms with van der Waals surface area (Å²) in [6.45, 7) is 1.93. The van der Waals surface area contributed by atoms with Crippen LogP contribution in [0.5, 0.6) is 0 Å². The third-order valence-electron chi connectivity index (χ3n) is 2.99. The summed E-state index contributed by atoms with van der Waals surface area (Å²) in [7, 11) is 0. The molecule has 1 aromatic carbocycles. The fourth-order valence-corrected chi connectivity index (χ4v) is 1.95. The lowest BCUT2D eigenvalue weighted by atomic mass is 10.0. The van der Waals surface area contributed by atoms with E-state index in [0.29, 0.717) is 13.2 Å². The van der Waals surface area contributed by atoms with Crippen molar-refractivity contribution in [2.75, 3.05) is 13.2 Å². The van der Waals surface area contributed by atoms with Gasteiger partial charge >= 0.3 is 0 Å². The van der Waals surface area contributed by atoms with Crippen molar-refractivity contribution in [3.8, 4) is 0 Å². The van der Waals surface area contributed by atoms with Gasteiger partial charge in [-0.25, -0.2) is 5.84 Å². The van der Waals surface area contributed by atoms with Crippen LogP contribution in [0.4, 0.5) is 0 Å². The number of carbonyl (C=O) groups is 1. The molecule has 0 aromatic heterocycles. The van der Waals surface area contributed by atoms with Gasteiger partial charge in [-0.1, -0.05) is 24.3 Å². The molecule has 1 aliphatic heterocycles. The smallest absolute Gasteiger partial charge is 0.238 e. The van der Waals surface area contributed by atoms with Gasteiger partial charge in [-0.2, -0.15) is 0 Å². The van der Waals surface area contributed by atoms with E-state index in [1.54, 1.807) is 0 Å². The van der Waals surface area contributed by atoms with Crippen LogP contribution in [-0.4, -0.2) is 25.2 Å². The Morgan fingerprint density at radius 3 is 2.89 bits per heavy atom. The van der Waals surface area contributed by atoms with Crippen molar-refractivity contribution < 1.29 is 14.3 Å².